The number of carbonyl (C=O) groups excluding carboxylic acids is 1. The zero-order valence-corrected chi connectivity index (χ0v) is 10.5. The van der Waals surface area contributed by atoms with Crippen LogP contribution < -0.4 is 11.1 Å². The maximum absolute atomic E-state index is 11.8. The molecule has 0 aliphatic heterocycles. The molecule has 0 aromatic carbocycles. The third-order valence-corrected chi connectivity index (χ3v) is 3.08. The van der Waals surface area contributed by atoms with Crippen molar-refractivity contribution in [3.63, 3.8) is 0 Å². The molecule has 2 heterocycles. The number of nitrogens with one attached hydrogen (secondary N) is 1. The van der Waals surface area contributed by atoms with E-state index < -0.39 is 0 Å². The zero-order chi connectivity index (χ0) is 12.8. The van der Waals surface area contributed by atoms with E-state index in [1.165, 1.54) is 11.3 Å². The molecule has 0 fully saturated rings. The monoisotopic (exact) mass is 279 g/mol. The van der Waals surface area contributed by atoms with Crippen LogP contribution in [0.3, 0.4) is 0 Å². The molecule has 1 amide bonds. The van der Waals surface area contributed by atoms with E-state index in [-0.39, 0.29) is 13.3 Å². The minimum absolute atomic E-state index is 0. The Kier molecular flexibility index (Phi) is 6.04. The molecule has 0 saturated carbocycles. The first kappa shape index (κ1) is 15.2. The quantitative estimate of drug-likeness (QED) is 0.851. The lowest BCUT2D eigenvalue weighted by atomic mass is 10.4. The van der Waals surface area contributed by atoms with Crippen LogP contribution in [-0.4, -0.2) is 27.4 Å². The fourth-order valence-electron chi connectivity index (χ4n) is 1.32. The Labute approximate surface area is 116 Å². The first-order chi connectivity index (χ1) is 8.79. The molecule has 3 N–H and O–H groups in total. The van der Waals surface area contributed by atoms with Crippen LogP contribution in [0.4, 0.5) is 0 Å². The second-order valence-electron chi connectivity index (χ2n) is 3.51. The Bertz CT molecular complexity index is 514. The predicted molar refractivity (Wildman–Crippen MR) is 74.8 cm³/mol. The van der Waals surface area contributed by atoms with Gasteiger partial charge in [-0.15, -0.1) is 11.3 Å². The predicted octanol–water partition coefficient (Wildman–Crippen LogP) is 1.00. The smallest absolute Gasteiger partial charge is 0.271 e. The van der Waals surface area contributed by atoms with Crippen molar-refractivity contribution in [2.75, 3.05) is 6.54 Å². The van der Waals surface area contributed by atoms with Crippen LogP contribution in [0, 0.1) is 0 Å². The van der Waals surface area contributed by atoms with Crippen molar-refractivity contribution in [3.8, 4) is 0 Å². The van der Waals surface area contributed by atoms with Crippen molar-refractivity contribution in [1.29, 1.82) is 0 Å². The van der Waals surface area contributed by atoms with Crippen molar-refractivity contribution in [1.82, 2.24) is 20.3 Å². The van der Waals surface area contributed by atoms with Crippen LogP contribution >= 0.6 is 11.3 Å². The van der Waals surface area contributed by atoms with E-state index in [1.807, 2.05) is 0 Å². The highest BCUT2D eigenvalue weighted by molar-refractivity contribution is 7.09. The maximum atomic E-state index is 11.8. The van der Waals surface area contributed by atoms with Gasteiger partial charge < -0.3 is 11.1 Å². The van der Waals surface area contributed by atoms with E-state index in [0.717, 1.165) is 5.01 Å². The van der Waals surface area contributed by atoms with Crippen LogP contribution in [0.15, 0.2) is 23.8 Å². The average Bonchev–Trinajstić information content (AvgIpc) is 2.86. The summed E-state index contributed by atoms with van der Waals surface area (Å²) in [4.78, 5) is 24.0. The highest BCUT2D eigenvalue weighted by atomic mass is 32.1. The van der Waals surface area contributed by atoms with Crippen LogP contribution in [-0.2, 0) is 13.0 Å². The highest BCUT2D eigenvalue weighted by Gasteiger charge is 2.10. The molecule has 6 nitrogen and oxygen atoms in total. The van der Waals surface area contributed by atoms with Gasteiger partial charge in [0.05, 0.1) is 11.6 Å². The summed E-state index contributed by atoms with van der Waals surface area (Å²) in [5, 5.41) is 5.32. The van der Waals surface area contributed by atoms with Gasteiger partial charge in [-0.3, -0.25) is 4.79 Å². The number of hydrogen-bond acceptors (Lipinski definition) is 6. The first-order valence-electron chi connectivity index (χ1n) is 5.48. The largest absolute Gasteiger partial charge is 0.343 e. The van der Waals surface area contributed by atoms with Gasteiger partial charge in [-0.25, -0.2) is 15.0 Å². The summed E-state index contributed by atoms with van der Waals surface area (Å²) in [6.45, 7) is 0.829. The highest BCUT2D eigenvalue weighted by Crippen LogP contribution is 2.09. The Hall–Kier alpha value is -1.86. The summed E-state index contributed by atoms with van der Waals surface area (Å²) >= 11 is 1.44. The molecule has 0 aliphatic carbocycles. The minimum Gasteiger partial charge on any atom is -0.343 e. The van der Waals surface area contributed by atoms with Gasteiger partial charge in [0.25, 0.3) is 5.91 Å². The third kappa shape index (κ3) is 4.38. The maximum Gasteiger partial charge on any atom is 0.271 e. The van der Waals surface area contributed by atoms with Gasteiger partial charge in [0.2, 0.25) is 0 Å². The zero-order valence-electron chi connectivity index (χ0n) is 9.67. The van der Waals surface area contributed by atoms with E-state index in [0.29, 0.717) is 31.0 Å². The number of amides is 1. The van der Waals surface area contributed by atoms with Crippen LogP contribution in [0.25, 0.3) is 0 Å². The Balaban J connectivity index is 0.00000180. The second-order valence-corrected chi connectivity index (χ2v) is 4.46. The number of carbonyl (C=O) groups is 1. The van der Waals surface area contributed by atoms with Crippen LogP contribution in [0.5, 0.6) is 0 Å². The van der Waals surface area contributed by atoms with E-state index in [1.54, 1.807) is 23.8 Å². The molecule has 0 saturated heterocycles. The topological polar surface area (TPSA) is 93.8 Å². The lowest BCUT2D eigenvalue weighted by Crippen LogP contribution is -2.24. The molecular formula is C12H17N5OS. The van der Waals surface area contributed by atoms with Crippen molar-refractivity contribution in [2.24, 2.45) is 5.73 Å². The Morgan fingerprint density at radius 2 is 2.11 bits per heavy atom. The minimum atomic E-state index is -0.220. The number of nitrogens with two attached hydrogens (primary N) is 1. The summed E-state index contributed by atoms with van der Waals surface area (Å²) in [5.41, 5.74) is 5.85. The van der Waals surface area contributed by atoms with Gasteiger partial charge in [0.1, 0.15) is 11.5 Å². The Morgan fingerprint density at radius 3 is 2.79 bits per heavy atom. The van der Waals surface area contributed by atoms with Gasteiger partial charge in [0.15, 0.2) is 0 Å². The molecule has 7 heteroatoms. The number of aromatic nitrogens is 3. The number of rotatable bonds is 5. The second kappa shape index (κ2) is 7.55. The molecule has 2 rings (SSSR count). The molecule has 0 atom stereocenters. The van der Waals surface area contributed by atoms with Crippen LogP contribution in [0.2, 0.25) is 0 Å². The van der Waals surface area contributed by atoms with E-state index in [4.69, 9.17) is 5.73 Å². The molecule has 2 aromatic heterocycles. The van der Waals surface area contributed by atoms with Crippen molar-refractivity contribution in [2.45, 2.75) is 20.4 Å². The van der Waals surface area contributed by atoms with Gasteiger partial charge in [-0.05, 0) is 12.6 Å². The summed E-state index contributed by atoms with van der Waals surface area (Å²) in [5.74, 6) is 0.352. The molecular weight excluding hydrogens is 262 g/mol. The fourth-order valence-corrected chi connectivity index (χ4v) is 2.12. The van der Waals surface area contributed by atoms with E-state index in [9.17, 15) is 4.79 Å². The molecule has 0 unspecified atom stereocenters. The van der Waals surface area contributed by atoms with Crippen LogP contribution in [0.1, 0.15) is 28.7 Å². The number of nitrogens with zero attached hydrogens (tertiary/aromatic N) is 3. The van der Waals surface area contributed by atoms with Gasteiger partial charge in [-0.2, -0.15) is 0 Å². The van der Waals surface area contributed by atoms with Crippen molar-refractivity contribution < 1.29 is 4.79 Å². The molecule has 0 radical (unpaired) electrons. The molecule has 102 valence electrons. The molecule has 19 heavy (non-hydrogen) atoms. The summed E-state index contributed by atoms with van der Waals surface area (Å²) in [6, 6.07) is 1.73. The summed E-state index contributed by atoms with van der Waals surface area (Å²) in [7, 11) is 0. The molecule has 2 aromatic rings. The van der Waals surface area contributed by atoms with Crippen molar-refractivity contribution >= 4 is 17.2 Å². The molecule has 0 aliphatic rings. The average molecular weight is 279 g/mol. The normalized spacial score (nSPS) is 9.74. The molecule has 0 spiro atoms. The van der Waals surface area contributed by atoms with Gasteiger partial charge in [-0.1, -0.05) is 7.43 Å². The SMILES string of the molecule is C.NCCc1nc(C(=O)NCc2ncccn2)cs1. The third-order valence-electron chi connectivity index (χ3n) is 2.17. The first-order valence-corrected chi connectivity index (χ1v) is 6.36. The lowest BCUT2D eigenvalue weighted by Gasteiger charge is -2.01. The summed E-state index contributed by atoms with van der Waals surface area (Å²) in [6.07, 6.45) is 3.97. The van der Waals surface area contributed by atoms with E-state index in [2.05, 4.69) is 20.3 Å². The number of thiazole rings is 1. The van der Waals surface area contributed by atoms with Gasteiger partial charge >= 0.3 is 0 Å². The Morgan fingerprint density at radius 1 is 1.37 bits per heavy atom. The standard InChI is InChI=1S/C11H13N5OS.CH4/c12-3-2-10-16-8(7-18-10)11(17)15-6-9-13-4-1-5-14-9;/h1,4-5,7H,2-3,6,12H2,(H,15,17);1H4. The number of hydrogen-bond donors (Lipinski definition) is 2. The summed E-state index contributed by atoms with van der Waals surface area (Å²) < 4.78 is 0. The van der Waals surface area contributed by atoms with Gasteiger partial charge in [0, 0.05) is 24.2 Å². The van der Waals surface area contributed by atoms with E-state index >= 15 is 0 Å². The lowest BCUT2D eigenvalue weighted by molar-refractivity contribution is 0.0945. The van der Waals surface area contributed by atoms with Crippen molar-refractivity contribution in [3.05, 3.63) is 40.4 Å². The fraction of sp³-hybridized carbons (Fsp3) is 0.333. The molecule has 0 bridgehead atoms.